The van der Waals surface area contributed by atoms with E-state index in [-0.39, 0.29) is 11.9 Å². The van der Waals surface area contributed by atoms with Crippen LogP contribution in [-0.4, -0.2) is 43.0 Å². The minimum Gasteiger partial charge on any atom is -0.377 e. The number of anilines is 1. The molecule has 0 fully saturated rings. The number of pyridine rings is 1. The molecule has 0 radical (unpaired) electrons. The number of amides is 1. The lowest BCUT2D eigenvalue weighted by molar-refractivity contribution is 0.0950. The molecule has 0 spiro atoms. The van der Waals surface area contributed by atoms with E-state index in [9.17, 15) is 4.79 Å². The van der Waals surface area contributed by atoms with E-state index < -0.39 is 0 Å². The highest BCUT2D eigenvalue weighted by molar-refractivity contribution is 5.94. The third kappa shape index (κ3) is 5.38. The van der Waals surface area contributed by atoms with E-state index in [0.29, 0.717) is 12.1 Å². The van der Waals surface area contributed by atoms with E-state index in [1.54, 1.807) is 12.4 Å². The van der Waals surface area contributed by atoms with Crippen LogP contribution in [0.5, 0.6) is 0 Å². The van der Waals surface area contributed by atoms with Gasteiger partial charge >= 0.3 is 0 Å². The summed E-state index contributed by atoms with van der Waals surface area (Å²) in [7, 11) is 3.95. The van der Waals surface area contributed by atoms with Crippen molar-refractivity contribution >= 4 is 11.6 Å². The lowest BCUT2D eigenvalue weighted by atomic mass is 10.1. The number of nitrogens with one attached hydrogen (secondary N) is 2. The van der Waals surface area contributed by atoms with Crippen LogP contribution in [0.4, 0.5) is 5.69 Å². The Morgan fingerprint density at radius 3 is 2.65 bits per heavy atom. The smallest absolute Gasteiger partial charge is 0.252 e. The van der Waals surface area contributed by atoms with Crippen molar-refractivity contribution in [3.63, 3.8) is 0 Å². The molecule has 0 aliphatic rings. The van der Waals surface area contributed by atoms with Gasteiger partial charge < -0.3 is 15.5 Å². The predicted molar refractivity (Wildman–Crippen MR) is 93.6 cm³/mol. The quantitative estimate of drug-likeness (QED) is 0.825. The molecule has 2 aromatic rings. The lowest BCUT2D eigenvalue weighted by Crippen LogP contribution is -2.31. The Hall–Kier alpha value is -2.40. The van der Waals surface area contributed by atoms with E-state index in [1.807, 2.05) is 43.3 Å². The van der Waals surface area contributed by atoms with Gasteiger partial charge in [-0.2, -0.15) is 0 Å². The summed E-state index contributed by atoms with van der Waals surface area (Å²) < 4.78 is 0. The van der Waals surface area contributed by atoms with Gasteiger partial charge in [0.1, 0.15) is 0 Å². The van der Waals surface area contributed by atoms with Gasteiger partial charge in [0.25, 0.3) is 5.91 Å². The number of rotatable bonds is 7. The van der Waals surface area contributed by atoms with Gasteiger partial charge in [0.15, 0.2) is 0 Å². The van der Waals surface area contributed by atoms with Crippen molar-refractivity contribution in [3.8, 4) is 0 Å². The minimum atomic E-state index is -0.102. The van der Waals surface area contributed by atoms with Crippen molar-refractivity contribution in [2.75, 3.05) is 32.5 Å². The third-order valence-electron chi connectivity index (χ3n) is 3.53. The third-order valence-corrected chi connectivity index (χ3v) is 3.53. The Morgan fingerprint density at radius 1 is 1.22 bits per heavy atom. The number of benzene rings is 1. The van der Waals surface area contributed by atoms with Crippen LogP contribution in [0.1, 0.15) is 28.9 Å². The normalized spacial score (nSPS) is 12.0. The summed E-state index contributed by atoms with van der Waals surface area (Å²) in [5.41, 5.74) is 2.59. The SMILES string of the molecule is CC(Nc1cncc(C(=O)NCCN(C)C)c1)c1ccccc1. The second-order valence-corrected chi connectivity index (χ2v) is 5.80. The van der Waals surface area contributed by atoms with Gasteiger partial charge in [-0.1, -0.05) is 30.3 Å². The molecule has 23 heavy (non-hydrogen) atoms. The van der Waals surface area contributed by atoms with Crippen LogP contribution in [0.2, 0.25) is 0 Å². The first-order valence-electron chi connectivity index (χ1n) is 7.75. The fourth-order valence-electron chi connectivity index (χ4n) is 2.21. The van der Waals surface area contributed by atoms with Gasteiger partial charge in [0.05, 0.1) is 11.3 Å². The van der Waals surface area contributed by atoms with Crippen molar-refractivity contribution in [2.45, 2.75) is 13.0 Å². The predicted octanol–water partition coefficient (Wildman–Crippen LogP) is 2.55. The zero-order valence-electron chi connectivity index (χ0n) is 13.9. The summed E-state index contributed by atoms with van der Waals surface area (Å²) in [4.78, 5) is 18.3. The van der Waals surface area contributed by atoms with E-state index >= 15 is 0 Å². The average Bonchev–Trinajstić information content (AvgIpc) is 2.55. The molecule has 2 rings (SSSR count). The summed E-state index contributed by atoms with van der Waals surface area (Å²) in [6, 6.07) is 12.1. The maximum Gasteiger partial charge on any atom is 0.252 e. The number of aromatic nitrogens is 1. The molecule has 5 nitrogen and oxygen atoms in total. The topological polar surface area (TPSA) is 57.3 Å². The van der Waals surface area contributed by atoms with Crippen LogP contribution in [0.3, 0.4) is 0 Å². The van der Waals surface area contributed by atoms with E-state index in [4.69, 9.17) is 0 Å². The number of likely N-dealkylation sites (N-methyl/N-ethyl adjacent to an activating group) is 1. The average molecular weight is 312 g/mol. The fraction of sp³-hybridized carbons (Fsp3) is 0.333. The summed E-state index contributed by atoms with van der Waals surface area (Å²) in [5, 5.41) is 6.27. The molecule has 1 atom stereocenters. The Balaban J connectivity index is 1.98. The zero-order valence-corrected chi connectivity index (χ0v) is 13.9. The monoisotopic (exact) mass is 312 g/mol. The van der Waals surface area contributed by atoms with Gasteiger partial charge in [0, 0.05) is 31.5 Å². The van der Waals surface area contributed by atoms with Gasteiger partial charge in [0.2, 0.25) is 0 Å². The maximum atomic E-state index is 12.1. The molecule has 0 bridgehead atoms. The van der Waals surface area contributed by atoms with Crippen molar-refractivity contribution in [1.82, 2.24) is 15.2 Å². The summed E-state index contributed by atoms with van der Waals surface area (Å²) >= 11 is 0. The second-order valence-electron chi connectivity index (χ2n) is 5.80. The van der Waals surface area contributed by atoms with Crippen molar-refractivity contribution in [3.05, 3.63) is 59.9 Å². The molecule has 1 amide bonds. The molecule has 1 aromatic heterocycles. The summed E-state index contributed by atoms with van der Waals surface area (Å²) in [6.45, 7) is 3.51. The highest BCUT2D eigenvalue weighted by Gasteiger charge is 2.09. The first-order chi connectivity index (χ1) is 11.1. The number of carbonyl (C=O) groups is 1. The Kier molecular flexibility index (Phi) is 6.11. The molecule has 2 N–H and O–H groups in total. The largest absolute Gasteiger partial charge is 0.377 e. The molecule has 0 aliphatic carbocycles. The van der Waals surface area contributed by atoms with Gasteiger partial charge in [-0.25, -0.2) is 0 Å². The molecule has 0 saturated carbocycles. The first-order valence-corrected chi connectivity index (χ1v) is 7.75. The first kappa shape index (κ1) is 17.0. The van der Waals surface area contributed by atoms with Crippen LogP contribution in [0, 0.1) is 0 Å². The highest BCUT2D eigenvalue weighted by Crippen LogP contribution is 2.18. The van der Waals surface area contributed by atoms with E-state index in [0.717, 1.165) is 12.2 Å². The van der Waals surface area contributed by atoms with Gasteiger partial charge in [-0.15, -0.1) is 0 Å². The second kappa shape index (κ2) is 8.29. The molecular formula is C18H24N4O. The van der Waals surface area contributed by atoms with Crippen LogP contribution >= 0.6 is 0 Å². The molecule has 1 heterocycles. The summed E-state index contributed by atoms with van der Waals surface area (Å²) in [5.74, 6) is -0.102. The van der Waals surface area contributed by atoms with Crippen molar-refractivity contribution in [1.29, 1.82) is 0 Å². The van der Waals surface area contributed by atoms with Crippen molar-refractivity contribution in [2.24, 2.45) is 0 Å². The molecule has 122 valence electrons. The van der Waals surface area contributed by atoms with Crippen molar-refractivity contribution < 1.29 is 4.79 Å². The zero-order chi connectivity index (χ0) is 16.7. The Morgan fingerprint density at radius 2 is 1.96 bits per heavy atom. The van der Waals surface area contributed by atoms with E-state index in [1.165, 1.54) is 5.56 Å². The molecule has 0 aliphatic heterocycles. The van der Waals surface area contributed by atoms with Crippen LogP contribution in [0.15, 0.2) is 48.8 Å². The standard InChI is InChI=1S/C18H24N4O/c1-14(15-7-5-4-6-8-15)21-17-11-16(12-19-13-17)18(23)20-9-10-22(2)3/h4-8,11-14,21H,9-10H2,1-3H3,(H,20,23). The van der Waals surface area contributed by atoms with Crippen LogP contribution in [-0.2, 0) is 0 Å². The lowest BCUT2D eigenvalue weighted by Gasteiger charge is -2.16. The molecule has 1 aromatic carbocycles. The maximum absolute atomic E-state index is 12.1. The fourth-order valence-corrected chi connectivity index (χ4v) is 2.21. The van der Waals surface area contributed by atoms with E-state index in [2.05, 4.69) is 34.7 Å². The molecule has 0 saturated heterocycles. The minimum absolute atomic E-state index is 0.102. The number of carbonyl (C=O) groups excluding carboxylic acids is 1. The molecule has 5 heteroatoms. The molecule has 1 unspecified atom stereocenters. The van der Waals surface area contributed by atoms with Crippen LogP contribution in [0.25, 0.3) is 0 Å². The number of hydrogen-bond donors (Lipinski definition) is 2. The van der Waals surface area contributed by atoms with Crippen LogP contribution < -0.4 is 10.6 Å². The van der Waals surface area contributed by atoms with Gasteiger partial charge in [-0.3, -0.25) is 9.78 Å². The highest BCUT2D eigenvalue weighted by atomic mass is 16.1. The Bertz CT molecular complexity index is 628. The Labute approximate surface area is 137 Å². The summed E-state index contributed by atoms with van der Waals surface area (Å²) in [6.07, 6.45) is 3.32. The number of nitrogens with zero attached hydrogens (tertiary/aromatic N) is 2. The number of hydrogen-bond acceptors (Lipinski definition) is 4. The van der Waals surface area contributed by atoms with Gasteiger partial charge in [-0.05, 0) is 32.6 Å². The molecular weight excluding hydrogens is 288 g/mol.